The minimum absolute atomic E-state index is 0.0387. The molecule has 0 aliphatic carbocycles. The van der Waals surface area contributed by atoms with Crippen molar-refractivity contribution in [2.75, 3.05) is 56.1 Å². The first-order valence-electron chi connectivity index (χ1n) is 11.9. The molecule has 0 aromatic heterocycles. The Labute approximate surface area is 204 Å². The standard InChI is InChI=1S/C26H28N6O3/c1-28-13-15-29(16-14-28)11-4-12-30-23-6-3-2-5-22(23)25-24(30)17-19(18-27)26(33)31(25)20-7-9-21(10-8-20)32(34)35/h2-3,5-10,17,24-25H,4,11-16H2,1H3. The van der Waals surface area contributed by atoms with Crippen LogP contribution in [0, 0.1) is 21.4 Å². The second-order valence-corrected chi connectivity index (χ2v) is 9.33. The van der Waals surface area contributed by atoms with Gasteiger partial charge < -0.3 is 14.7 Å². The Morgan fingerprint density at radius 1 is 1.06 bits per heavy atom. The Bertz CT molecular complexity index is 1200. The van der Waals surface area contributed by atoms with E-state index in [9.17, 15) is 20.2 Å². The number of likely N-dealkylation sites (N-methyl/N-ethyl adjacent to an activating group) is 1. The number of nitrogens with zero attached hydrogens (tertiary/aromatic N) is 6. The number of non-ortho nitro benzene ring substituents is 1. The number of carbonyl (C=O) groups excluding carboxylic acids is 1. The van der Waals surface area contributed by atoms with Gasteiger partial charge in [0, 0.05) is 61.8 Å². The predicted molar refractivity (Wildman–Crippen MR) is 133 cm³/mol. The molecule has 180 valence electrons. The number of fused-ring (bicyclic) bond motifs is 3. The molecule has 0 spiro atoms. The molecule has 35 heavy (non-hydrogen) atoms. The number of nitriles is 1. The van der Waals surface area contributed by atoms with Gasteiger partial charge in [-0.3, -0.25) is 19.8 Å². The molecular formula is C26H28N6O3. The molecule has 0 N–H and O–H groups in total. The van der Waals surface area contributed by atoms with Crippen LogP contribution in [0.2, 0.25) is 0 Å². The molecule has 3 heterocycles. The van der Waals surface area contributed by atoms with Gasteiger partial charge in [0.25, 0.3) is 11.6 Å². The molecule has 9 nitrogen and oxygen atoms in total. The van der Waals surface area contributed by atoms with Crippen molar-refractivity contribution in [1.29, 1.82) is 5.26 Å². The van der Waals surface area contributed by atoms with E-state index in [2.05, 4.69) is 33.9 Å². The van der Waals surface area contributed by atoms with Crippen LogP contribution in [0.5, 0.6) is 0 Å². The first-order chi connectivity index (χ1) is 17.0. The molecule has 5 rings (SSSR count). The number of amides is 1. The van der Waals surface area contributed by atoms with Gasteiger partial charge in [0.15, 0.2) is 0 Å². The lowest BCUT2D eigenvalue weighted by molar-refractivity contribution is -0.384. The summed E-state index contributed by atoms with van der Waals surface area (Å²) < 4.78 is 0. The summed E-state index contributed by atoms with van der Waals surface area (Å²) in [5.41, 5.74) is 2.70. The van der Waals surface area contributed by atoms with E-state index in [1.54, 1.807) is 23.1 Å². The topological polar surface area (TPSA) is 97.0 Å². The van der Waals surface area contributed by atoms with Gasteiger partial charge in [-0.25, -0.2) is 0 Å². The summed E-state index contributed by atoms with van der Waals surface area (Å²) in [7, 11) is 2.15. The van der Waals surface area contributed by atoms with Crippen LogP contribution >= 0.6 is 0 Å². The number of rotatable bonds is 6. The molecule has 1 amide bonds. The molecule has 1 saturated heterocycles. The largest absolute Gasteiger partial charge is 0.362 e. The number of hydrogen-bond donors (Lipinski definition) is 0. The Balaban J connectivity index is 1.45. The Hall–Kier alpha value is -3.74. The normalized spacial score (nSPS) is 22.4. The van der Waals surface area contributed by atoms with Crippen LogP contribution in [0.3, 0.4) is 0 Å². The summed E-state index contributed by atoms with van der Waals surface area (Å²) in [6.07, 6.45) is 2.77. The first-order valence-corrected chi connectivity index (χ1v) is 11.9. The number of hydrogen-bond acceptors (Lipinski definition) is 7. The molecule has 2 unspecified atom stereocenters. The van der Waals surface area contributed by atoms with Gasteiger partial charge in [-0.2, -0.15) is 5.26 Å². The van der Waals surface area contributed by atoms with Crippen molar-refractivity contribution >= 4 is 23.0 Å². The monoisotopic (exact) mass is 472 g/mol. The number of anilines is 2. The van der Waals surface area contributed by atoms with Crippen molar-refractivity contribution in [2.24, 2.45) is 0 Å². The summed E-state index contributed by atoms with van der Waals surface area (Å²) in [5.74, 6) is -0.378. The SMILES string of the molecule is CN1CCN(CCCN2c3ccccc3C3C2C=C(C#N)C(=O)N3c2ccc([N+](=O)[O-])cc2)CC1. The van der Waals surface area contributed by atoms with Crippen LogP contribution in [0.1, 0.15) is 18.0 Å². The lowest BCUT2D eigenvalue weighted by atomic mass is 9.93. The smallest absolute Gasteiger partial charge is 0.269 e. The fourth-order valence-electron chi connectivity index (χ4n) is 5.39. The van der Waals surface area contributed by atoms with Crippen LogP contribution in [0.25, 0.3) is 0 Å². The van der Waals surface area contributed by atoms with Gasteiger partial charge in [-0.15, -0.1) is 0 Å². The first kappa shape index (κ1) is 23.0. The third kappa shape index (κ3) is 4.27. The van der Waals surface area contributed by atoms with Gasteiger partial charge in [-0.05, 0) is 44.3 Å². The highest BCUT2D eigenvalue weighted by Crippen LogP contribution is 2.47. The van der Waals surface area contributed by atoms with Gasteiger partial charge >= 0.3 is 0 Å². The van der Waals surface area contributed by atoms with Crippen LogP contribution in [0.15, 0.2) is 60.2 Å². The van der Waals surface area contributed by atoms with Crippen LogP contribution in [0.4, 0.5) is 17.1 Å². The third-order valence-corrected chi connectivity index (χ3v) is 7.24. The number of para-hydroxylation sites is 1. The zero-order valence-corrected chi connectivity index (χ0v) is 19.7. The number of carbonyl (C=O) groups is 1. The van der Waals surface area contributed by atoms with Gasteiger partial charge in [0.05, 0.1) is 17.0 Å². The molecule has 3 aliphatic heterocycles. The molecule has 1 fully saturated rings. The maximum absolute atomic E-state index is 13.4. The Kier molecular flexibility index (Phi) is 6.24. The Morgan fingerprint density at radius 3 is 2.46 bits per heavy atom. The average Bonchev–Trinajstić information content (AvgIpc) is 3.18. The fraction of sp³-hybridized carbons (Fsp3) is 0.385. The van der Waals surface area contributed by atoms with E-state index in [1.165, 1.54) is 12.1 Å². The number of nitro groups is 1. The summed E-state index contributed by atoms with van der Waals surface area (Å²) >= 11 is 0. The summed E-state index contributed by atoms with van der Waals surface area (Å²) in [4.78, 5) is 32.8. The van der Waals surface area contributed by atoms with Crippen molar-refractivity contribution in [3.8, 4) is 6.07 Å². The molecule has 2 aromatic rings. The molecular weight excluding hydrogens is 444 g/mol. The quantitative estimate of drug-likeness (QED) is 0.471. The van der Waals surface area contributed by atoms with E-state index >= 15 is 0 Å². The average molecular weight is 473 g/mol. The van der Waals surface area contributed by atoms with Gasteiger partial charge in [0.1, 0.15) is 11.6 Å². The Morgan fingerprint density at radius 2 is 1.77 bits per heavy atom. The molecule has 0 radical (unpaired) electrons. The molecule has 2 atom stereocenters. The molecule has 2 aromatic carbocycles. The van der Waals surface area contributed by atoms with Crippen LogP contribution in [-0.2, 0) is 4.79 Å². The van der Waals surface area contributed by atoms with Crippen molar-refractivity contribution in [3.05, 3.63) is 75.9 Å². The van der Waals surface area contributed by atoms with Crippen LogP contribution in [-0.4, -0.2) is 73.0 Å². The summed E-state index contributed by atoms with van der Waals surface area (Å²) in [6.45, 7) is 6.11. The van der Waals surface area contributed by atoms with Crippen molar-refractivity contribution in [3.63, 3.8) is 0 Å². The van der Waals surface area contributed by atoms with E-state index in [0.29, 0.717) is 5.69 Å². The number of nitro benzene ring substituents is 1. The molecule has 9 heteroatoms. The van der Waals surface area contributed by atoms with Crippen molar-refractivity contribution < 1.29 is 9.72 Å². The third-order valence-electron chi connectivity index (χ3n) is 7.24. The minimum Gasteiger partial charge on any atom is -0.362 e. The zero-order valence-electron chi connectivity index (χ0n) is 19.7. The molecule has 3 aliphatic rings. The zero-order chi connectivity index (χ0) is 24.5. The lowest BCUT2D eigenvalue weighted by Gasteiger charge is -2.38. The van der Waals surface area contributed by atoms with Gasteiger partial charge in [0.2, 0.25) is 0 Å². The van der Waals surface area contributed by atoms with Crippen molar-refractivity contribution in [1.82, 2.24) is 9.80 Å². The van der Waals surface area contributed by atoms with E-state index in [4.69, 9.17) is 0 Å². The van der Waals surface area contributed by atoms with E-state index in [1.807, 2.05) is 18.2 Å². The predicted octanol–water partition coefficient (Wildman–Crippen LogP) is 2.96. The molecule has 0 bridgehead atoms. The second-order valence-electron chi connectivity index (χ2n) is 9.33. The number of benzene rings is 2. The second kappa shape index (κ2) is 9.49. The highest BCUT2D eigenvalue weighted by molar-refractivity contribution is 6.10. The summed E-state index contributed by atoms with van der Waals surface area (Å²) in [6, 6.07) is 15.6. The van der Waals surface area contributed by atoms with Crippen molar-refractivity contribution in [2.45, 2.75) is 18.5 Å². The van der Waals surface area contributed by atoms with E-state index < -0.39 is 4.92 Å². The maximum atomic E-state index is 13.4. The lowest BCUT2D eigenvalue weighted by Crippen LogP contribution is -2.48. The summed E-state index contributed by atoms with van der Waals surface area (Å²) in [5, 5.41) is 20.9. The number of piperazine rings is 1. The minimum atomic E-state index is -0.460. The van der Waals surface area contributed by atoms with E-state index in [-0.39, 0.29) is 29.3 Å². The van der Waals surface area contributed by atoms with Gasteiger partial charge in [-0.1, -0.05) is 18.2 Å². The highest BCUT2D eigenvalue weighted by Gasteiger charge is 2.46. The van der Waals surface area contributed by atoms with E-state index in [0.717, 1.165) is 56.9 Å². The highest BCUT2D eigenvalue weighted by atomic mass is 16.6. The fourth-order valence-corrected chi connectivity index (χ4v) is 5.39. The van der Waals surface area contributed by atoms with Crippen LogP contribution < -0.4 is 9.80 Å². The maximum Gasteiger partial charge on any atom is 0.269 e. The molecule has 0 saturated carbocycles.